The molecule has 0 saturated heterocycles. The van der Waals surface area contributed by atoms with Crippen LogP contribution in [-0.2, 0) is 23.9 Å². The molecule has 0 rings (SSSR count). The van der Waals surface area contributed by atoms with Crippen LogP contribution < -0.4 is 17.2 Å². The Hall–Kier alpha value is -2.35. The van der Waals surface area contributed by atoms with Crippen LogP contribution in [0.15, 0.2) is 23.6 Å². The Labute approximate surface area is 174 Å². The van der Waals surface area contributed by atoms with Crippen molar-refractivity contribution in [3.8, 4) is 0 Å². The number of carbonyl (C=O) groups is 3. The summed E-state index contributed by atoms with van der Waals surface area (Å²) in [6, 6.07) is 0. The third-order valence-corrected chi connectivity index (χ3v) is 4.39. The number of ketones is 1. The van der Waals surface area contributed by atoms with Gasteiger partial charge in [0.05, 0.1) is 19.6 Å². The maximum Gasteiger partial charge on any atom is 0.309 e. The molecule has 0 spiro atoms. The molecule has 0 aromatic heterocycles. The average Bonchev–Trinajstić information content (AvgIpc) is 2.67. The normalized spacial score (nSPS) is 14.9. The first kappa shape index (κ1) is 28.9. The molecule has 8 heteroatoms. The van der Waals surface area contributed by atoms with E-state index in [1.165, 1.54) is 6.20 Å². The predicted molar refractivity (Wildman–Crippen MR) is 114 cm³/mol. The van der Waals surface area contributed by atoms with Crippen molar-refractivity contribution in [3.05, 3.63) is 23.6 Å². The first-order chi connectivity index (χ1) is 13.6. The third-order valence-electron chi connectivity index (χ3n) is 4.39. The van der Waals surface area contributed by atoms with Gasteiger partial charge in [0.1, 0.15) is 11.5 Å². The molecule has 0 heterocycles. The topological polar surface area (TPSA) is 148 Å². The highest BCUT2D eigenvalue weighted by molar-refractivity contribution is 5.82. The molecule has 0 radical (unpaired) electrons. The smallest absolute Gasteiger partial charge is 0.309 e. The third kappa shape index (κ3) is 12.7. The van der Waals surface area contributed by atoms with E-state index >= 15 is 0 Å². The summed E-state index contributed by atoms with van der Waals surface area (Å²) < 4.78 is 10.8. The number of methoxy groups -OCH3 is 1. The zero-order valence-electron chi connectivity index (χ0n) is 18.6. The van der Waals surface area contributed by atoms with Gasteiger partial charge in [0, 0.05) is 18.9 Å². The van der Waals surface area contributed by atoms with Gasteiger partial charge in [0.15, 0.2) is 0 Å². The van der Waals surface area contributed by atoms with E-state index in [9.17, 15) is 9.59 Å². The summed E-state index contributed by atoms with van der Waals surface area (Å²) in [7, 11) is 1.56. The van der Waals surface area contributed by atoms with Crippen molar-refractivity contribution in [2.45, 2.75) is 47.5 Å². The monoisotopic (exact) mass is 413 g/mol. The molecular formula is C21H39N3O5. The van der Waals surface area contributed by atoms with Gasteiger partial charge in [-0.15, -0.1) is 0 Å². The lowest BCUT2D eigenvalue weighted by Gasteiger charge is -2.24. The van der Waals surface area contributed by atoms with Gasteiger partial charge >= 0.3 is 5.97 Å². The van der Waals surface area contributed by atoms with Gasteiger partial charge in [-0.25, -0.2) is 0 Å². The summed E-state index contributed by atoms with van der Waals surface area (Å²) in [6.45, 7) is 10.2. The lowest BCUT2D eigenvalue weighted by molar-refractivity contribution is -0.151. The first-order valence-corrected chi connectivity index (χ1v) is 9.76. The molecule has 0 saturated carbocycles. The summed E-state index contributed by atoms with van der Waals surface area (Å²) in [5, 5.41) is 0. The Morgan fingerprint density at radius 3 is 2.03 bits per heavy atom. The van der Waals surface area contributed by atoms with Crippen molar-refractivity contribution < 1.29 is 23.9 Å². The molecule has 0 aliphatic heterocycles. The van der Waals surface area contributed by atoms with Gasteiger partial charge in [0.2, 0.25) is 6.41 Å². The highest BCUT2D eigenvalue weighted by atomic mass is 16.5. The van der Waals surface area contributed by atoms with Crippen LogP contribution in [-0.4, -0.2) is 38.4 Å². The second kappa shape index (κ2) is 16.6. The maximum absolute atomic E-state index is 12.6. The number of Topliss-reactive ketones (excluding diaryl/α,β-unsaturated/α-hetero) is 1. The summed E-state index contributed by atoms with van der Waals surface area (Å²) >= 11 is 0. The zero-order valence-corrected chi connectivity index (χ0v) is 18.6. The molecule has 0 aromatic rings. The average molecular weight is 414 g/mol. The molecule has 3 atom stereocenters. The van der Waals surface area contributed by atoms with Gasteiger partial charge in [-0.3, -0.25) is 14.4 Å². The minimum Gasteiger partial charge on any atom is -0.497 e. The van der Waals surface area contributed by atoms with Gasteiger partial charge in [-0.05, 0) is 43.0 Å². The number of hydrogen-bond donors (Lipinski definition) is 3. The van der Waals surface area contributed by atoms with E-state index in [1.54, 1.807) is 20.1 Å². The molecule has 168 valence electrons. The van der Waals surface area contributed by atoms with Gasteiger partial charge in [-0.2, -0.15) is 0 Å². The standard InChI is InChI=1S/C20H36N2O4.CH3NO/c1-13(2)12-26-20(24)17(9-15(4)19(25-6)7-8-21)14(3)10-18(23)16(5)11-22;2-1-3/h7-8,13-14,16-17H,9-12,21-22H2,1-6H3;1H,(H2,2,3)/b8-7-,19-15+;. The first-order valence-electron chi connectivity index (χ1n) is 9.76. The van der Waals surface area contributed by atoms with Gasteiger partial charge in [0.25, 0.3) is 0 Å². The fraction of sp³-hybridized carbons (Fsp3) is 0.667. The highest BCUT2D eigenvalue weighted by Crippen LogP contribution is 2.27. The SMILES string of the molecule is COC(/C=C\N)=C(\C)CC(C(=O)OCC(C)C)C(C)CC(=O)C(C)CN.NC=O. The Morgan fingerprint density at radius 1 is 1.07 bits per heavy atom. The number of nitrogens with two attached hydrogens (primary N) is 3. The van der Waals surface area contributed by atoms with Gasteiger partial charge < -0.3 is 26.7 Å². The lowest BCUT2D eigenvalue weighted by Crippen LogP contribution is -2.30. The Morgan fingerprint density at radius 2 is 1.62 bits per heavy atom. The van der Waals surface area contributed by atoms with E-state index in [4.69, 9.17) is 25.7 Å². The summed E-state index contributed by atoms with van der Waals surface area (Å²) in [5.41, 5.74) is 16.1. The van der Waals surface area contributed by atoms with Crippen LogP contribution in [0, 0.1) is 23.7 Å². The van der Waals surface area contributed by atoms with Crippen molar-refractivity contribution in [2.75, 3.05) is 20.3 Å². The summed E-state index contributed by atoms with van der Waals surface area (Å²) in [6.07, 6.45) is 4.03. The van der Waals surface area contributed by atoms with Crippen molar-refractivity contribution in [3.63, 3.8) is 0 Å². The second-order valence-electron chi connectivity index (χ2n) is 7.46. The Bertz CT molecular complexity index is 559. The molecule has 8 nitrogen and oxygen atoms in total. The van der Waals surface area contributed by atoms with E-state index in [0.29, 0.717) is 31.8 Å². The minimum absolute atomic E-state index is 0.0668. The molecular weight excluding hydrogens is 374 g/mol. The summed E-state index contributed by atoms with van der Waals surface area (Å²) in [5.74, 6) is -0.160. The molecule has 6 N–H and O–H groups in total. The van der Waals surface area contributed by atoms with Crippen LogP contribution in [0.25, 0.3) is 0 Å². The number of carbonyl (C=O) groups excluding carboxylic acids is 3. The van der Waals surface area contributed by atoms with E-state index in [2.05, 4.69) is 5.73 Å². The van der Waals surface area contributed by atoms with Crippen LogP contribution in [0.3, 0.4) is 0 Å². The molecule has 1 amide bonds. The number of allylic oxidation sites excluding steroid dienone is 2. The Kier molecular flexibility index (Phi) is 16.5. The van der Waals surface area contributed by atoms with Crippen molar-refractivity contribution in [1.29, 1.82) is 0 Å². The summed E-state index contributed by atoms with van der Waals surface area (Å²) in [4.78, 5) is 33.5. The molecule has 0 aliphatic carbocycles. The van der Waals surface area contributed by atoms with E-state index in [-0.39, 0.29) is 35.9 Å². The zero-order chi connectivity index (χ0) is 23.0. The van der Waals surface area contributed by atoms with Crippen LogP contribution in [0.1, 0.15) is 47.5 Å². The number of hydrogen-bond acceptors (Lipinski definition) is 7. The largest absolute Gasteiger partial charge is 0.497 e. The minimum atomic E-state index is -0.431. The maximum atomic E-state index is 12.6. The number of esters is 1. The van der Waals surface area contributed by atoms with Crippen molar-refractivity contribution >= 4 is 18.2 Å². The quantitative estimate of drug-likeness (QED) is 0.191. The molecule has 0 aromatic carbocycles. The van der Waals surface area contributed by atoms with Crippen LogP contribution in [0.4, 0.5) is 0 Å². The van der Waals surface area contributed by atoms with Crippen LogP contribution in [0.5, 0.6) is 0 Å². The van der Waals surface area contributed by atoms with Crippen molar-refractivity contribution in [1.82, 2.24) is 0 Å². The fourth-order valence-corrected chi connectivity index (χ4v) is 2.57. The second-order valence-corrected chi connectivity index (χ2v) is 7.46. The van der Waals surface area contributed by atoms with Crippen molar-refractivity contribution in [2.24, 2.45) is 40.9 Å². The van der Waals surface area contributed by atoms with E-state index in [1.807, 2.05) is 27.7 Å². The number of amides is 1. The molecule has 29 heavy (non-hydrogen) atoms. The molecule has 0 aliphatic rings. The predicted octanol–water partition coefficient (Wildman–Crippen LogP) is 1.88. The molecule has 0 bridgehead atoms. The van der Waals surface area contributed by atoms with Gasteiger partial charge in [-0.1, -0.05) is 27.7 Å². The number of primary amides is 1. The number of rotatable bonds is 12. The lowest BCUT2D eigenvalue weighted by atomic mass is 9.83. The van der Waals surface area contributed by atoms with Crippen LogP contribution in [0.2, 0.25) is 0 Å². The molecule has 3 unspecified atom stereocenters. The highest BCUT2D eigenvalue weighted by Gasteiger charge is 2.30. The molecule has 0 fully saturated rings. The van der Waals surface area contributed by atoms with Crippen LogP contribution >= 0.6 is 0 Å². The number of ether oxygens (including phenoxy) is 2. The Balaban J connectivity index is 0. The van der Waals surface area contributed by atoms with E-state index in [0.717, 1.165) is 5.57 Å². The fourth-order valence-electron chi connectivity index (χ4n) is 2.57. The van der Waals surface area contributed by atoms with E-state index < -0.39 is 5.92 Å².